The number of aryl methyl sites for hydroxylation is 1. The molecule has 0 bridgehead atoms. The third-order valence-electron chi connectivity index (χ3n) is 2.28. The molecule has 0 radical (unpaired) electrons. The van der Waals surface area contributed by atoms with Crippen molar-refractivity contribution in [3.8, 4) is 0 Å². The number of rotatable bonds is 3. The molecular formula is C14H21NO2S. The molecule has 3 nitrogen and oxygen atoms in total. The van der Waals surface area contributed by atoms with Crippen LogP contribution < -0.4 is 5.73 Å². The van der Waals surface area contributed by atoms with Gasteiger partial charge in [0.25, 0.3) is 0 Å². The third-order valence-corrected chi connectivity index (χ3v) is 3.36. The zero-order valence-corrected chi connectivity index (χ0v) is 12.5. The number of nitrogens with two attached hydrogens (primary N) is 1. The number of ether oxygens (including phenoxy) is 1. The molecule has 0 saturated heterocycles. The van der Waals surface area contributed by atoms with Crippen molar-refractivity contribution in [2.45, 2.75) is 44.3 Å². The van der Waals surface area contributed by atoms with E-state index in [1.807, 2.05) is 19.1 Å². The van der Waals surface area contributed by atoms with Crippen LogP contribution in [0, 0.1) is 6.92 Å². The summed E-state index contributed by atoms with van der Waals surface area (Å²) in [4.78, 5) is 12.9. The van der Waals surface area contributed by atoms with Crippen molar-refractivity contribution in [3.63, 3.8) is 0 Å². The molecule has 1 aromatic carbocycles. The van der Waals surface area contributed by atoms with Gasteiger partial charge in [0.1, 0.15) is 0 Å². The molecule has 0 fully saturated rings. The lowest BCUT2D eigenvalue weighted by Crippen LogP contribution is -2.11. The van der Waals surface area contributed by atoms with E-state index in [9.17, 15) is 4.79 Å². The number of benzene rings is 1. The summed E-state index contributed by atoms with van der Waals surface area (Å²) in [5.74, 6) is -0.352. The molecule has 0 aliphatic heterocycles. The fourth-order valence-electron chi connectivity index (χ4n) is 1.56. The number of hydrogen-bond acceptors (Lipinski definition) is 4. The second kappa shape index (κ2) is 5.65. The number of hydrogen-bond donors (Lipinski definition) is 1. The summed E-state index contributed by atoms with van der Waals surface area (Å²) in [6.07, 6.45) is 0. The summed E-state index contributed by atoms with van der Waals surface area (Å²) in [7, 11) is 0. The van der Waals surface area contributed by atoms with Gasteiger partial charge < -0.3 is 10.5 Å². The van der Waals surface area contributed by atoms with Crippen molar-refractivity contribution < 1.29 is 9.53 Å². The average molecular weight is 267 g/mol. The zero-order chi connectivity index (χ0) is 13.9. The van der Waals surface area contributed by atoms with Crippen LogP contribution >= 0.6 is 11.8 Å². The van der Waals surface area contributed by atoms with E-state index in [4.69, 9.17) is 10.5 Å². The molecule has 0 aliphatic rings. The van der Waals surface area contributed by atoms with Crippen LogP contribution in [0.4, 0.5) is 5.69 Å². The maximum Gasteiger partial charge on any atom is 0.340 e. The van der Waals surface area contributed by atoms with Crippen molar-refractivity contribution in [1.82, 2.24) is 0 Å². The number of carbonyl (C=O) groups is 1. The van der Waals surface area contributed by atoms with Gasteiger partial charge in [0, 0.05) is 15.3 Å². The van der Waals surface area contributed by atoms with Gasteiger partial charge >= 0.3 is 5.97 Å². The molecule has 0 amide bonds. The van der Waals surface area contributed by atoms with Gasteiger partial charge in [-0.2, -0.15) is 0 Å². The van der Waals surface area contributed by atoms with Gasteiger partial charge in [0.05, 0.1) is 12.2 Å². The highest BCUT2D eigenvalue weighted by molar-refractivity contribution is 8.00. The number of esters is 1. The first-order chi connectivity index (χ1) is 8.24. The standard InChI is InChI=1S/C14H21NO2S/c1-6-17-13(16)11-8-10(18-14(3,4)5)7-9(2)12(11)15/h7-8H,6,15H2,1-5H3. The molecule has 2 N–H and O–H groups in total. The second-order valence-corrected chi connectivity index (χ2v) is 7.04. The Hall–Kier alpha value is -1.16. The normalized spacial score (nSPS) is 11.4. The first-order valence-electron chi connectivity index (χ1n) is 6.01. The van der Waals surface area contributed by atoms with Gasteiger partial charge in [-0.25, -0.2) is 4.79 Å². The lowest BCUT2D eigenvalue weighted by Gasteiger charge is -2.19. The first kappa shape index (κ1) is 14.9. The van der Waals surface area contributed by atoms with Gasteiger partial charge in [-0.15, -0.1) is 11.8 Å². The van der Waals surface area contributed by atoms with E-state index in [0.29, 0.717) is 17.9 Å². The minimum absolute atomic E-state index is 0.0918. The van der Waals surface area contributed by atoms with E-state index in [-0.39, 0.29) is 10.7 Å². The Bertz CT molecular complexity index is 450. The average Bonchev–Trinajstić information content (AvgIpc) is 2.21. The molecule has 0 aliphatic carbocycles. The van der Waals surface area contributed by atoms with Gasteiger partial charge in [0.2, 0.25) is 0 Å². The molecule has 100 valence electrons. The predicted molar refractivity (Wildman–Crippen MR) is 77.2 cm³/mol. The maximum absolute atomic E-state index is 11.8. The number of carbonyl (C=O) groups excluding carboxylic acids is 1. The van der Waals surface area contributed by atoms with Crippen LogP contribution in [-0.4, -0.2) is 17.3 Å². The fraction of sp³-hybridized carbons (Fsp3) is 0.500. The first-order valence-corrected chi connectivity index (χ1v) is 6.82. The smallest absolute Gasteiger partial charge is 0.340 e. The van der Waals surface area contributed by atoms with Crippen LogP contribution in [0.5, 0.6) is 0 Å². The Morgan fingerprint density at radius 1 is 1.39 bits per heavy atom. The fourth-order valence-corrected chi connectivity index (χ4v) is 2.68. The van der Waals surface area contributed by atoms with Crippen LogP contribution in [0.1, 0.15) is 43.6 Å². The highest BCUT2D eigenvalue weighted by atomic mass is 32.2. The number of anilines is 1. The number of nitrogen functional groups attached to an aromatic ring is 1. The van der Waals surface area contributed by atoms with Crippen LogP contribution in [-0.2, 0) is 4.74 Å². The van der Waals surface area contributed by atoms with Crippen LogP contribution in [0.2, 0.25) is 0 Å². The molecular weight excluding hydrogens is 246 g/mol. The summed E-state index contributed by atoms with van der Waals surface area (Å²) in [5, 5.41) is 0. The van der Waals surface area contributed by atoms with Gasteiger partial charge in [-0.1, -0.05) is 20.8 Å². The van der Waals surface area contributed by atoms with Crippen LogP contribution in [0.25, 0.3) is 0 Å². The Kier molecular flexibility index (Phi) is 4.68. The Morgan fingerprint density at radius 2 is 2.00 bits per heavy atom. The van der Waals surface area contributed by atoms with Crippen LogP contribution in [0.3, 0.4) is 0 Å². The topological polar surface area (TPSA) is 52.3 Å². The van der Waals surface area contributed by atoms with Crippen molar-refractivity contribution in [1.29, 1.82) is 0 Å². The molecule has 4 heteroatoms. The van der Waals surface area contributed by atoms with Gasteiger partial charge in [-0.05, 0) is 31.5 Å². The van der Waals surface area contributed by atoms with E-state index >= 15 is 0 Å². The van der Waals surface area contributed by atoms with E-state index in [2.05, 4.69) is 20.8 Å². The van der Waals surface area contributed by atoms with Gasteiger partial charge in [-0.3, -0.25) is 0 Å². The highest BCUT2D eigenvalue weighted by Crippen LogP contribution is 2.34. The molecule has 0 atom stereocenters. The quantitative estimate of drug-likeness (QED) is 0.516. The summed E-state index contributed by atoms with van der Waals surface area (Å²) in [6.45, 7) is 10.4. The molecule has 0 saturated carbocycles. The second-order valence-electron chi connectivity index (χ2n) is 5.14. The molecule has 18 heavy (non-hydrogen) atoms. The minimum atomic E-state index is -0.352. The monoisotopic (exact) mass is 267 g/mol. The largest absolute Gasteiger partial charge is 0.462 e. The van der Waals surface area contributed by atoms with E-state index in [0.717, 1.165) is 10.5 Å². The van der Waals surface area contributed by atoms with E-state index in [1.54, 1.807) is 18.7 Å². The Morgan fingerprint density at radius 3 is 2.50 bits per heavy atom. The zero-order valence-electron chi connectivity index (χ0n) is 11.7. The highest BCUT2D eigenvalue weighted by Gasteiger charge is 2.18. The molecule has 0 heterocycles. The molecule has 0 aromatic heterocycles. The Labute approximate surface area is 113 Å². The van der Waals surface area contributed by atoms with Crippen molar-refractivity contribution in [2.24, 2.45) is 0 Å². The van der Waals surface area contributed by atoms with E-state index in [1.165, 1.54) is 0 Å². The minimum Gasteiger partial charge on any atom is -0.462 e. The molecule has 1 rings (SSSR count). The van der Waals surface area contributed by atoms with Crippen molar-refractivity contribution >= 4 is 23.4 Å². The summed E-state index contributed by atoms with van der Waals surface area (Å²) in [5.41, 5.74) is 7.81. The lowest BCUT2D eigenvalue weighted by atomic mass is 10.1. The summed E-state index contributed by atoms with van der Waals surface area (Å²) in [6, 6.07) is 3.82. The van der Waals surface area contributed by atoms with Crippen molar-refractivity contribution in [3.05, 3.63) is 23.3 Å². The third kappa shape index (κ3) is 3.95. The van der Waals surface area contributed by atoms with E-state index < -0.39 is 0 Å². The van der Waals surface area contributed by atoms with Gasteiger partial charge in [0.15, 0.2) is 0 Å². The SMILES string of the molecule is CCOC(=O)c1cc(SC(C)(C)C)cc(C)c1N. The maximum atomic E-state index is 11.8. The predicted octanol–water partition coefficient (Wildman–Crippen LogP) is 3.64. The molecule has 0 spiro atoms. The summed E-state index contributed by atoms with van der Waals surface area (Å²) < 4.78 is 5.11. The number of thioether (sulfide) groups is 1. The molecule has 0 unspecified atom stereocenters. The summed E-state index contributed by atoms with van der Waals surface area (Å²) >= 11 is 1.71. The molecule has 1 aromatic rings. The van der Waals surface area contributed by atoms with Crippen LogP contribution in [0.15, 0.2) is 17.0 Å². The van der Waals surface area contributed by atoms with Crippen molar-refractivity contribution in [2.75, 3.05) is 12.3 Å². The Balaban J connectivity index is 3.14. The lowest BCUT2D eigenvalue weighted by molar-refractivity contribution is 0.0527.